The molecule has 2 aliphatic heterocycles. The summed E-state index contributed by atoms with van der Waals surface area (Å²) in [7, 11) is 0. The first-order chi connectivity index (χ1) is 22.3. The summed E-state index contributed by atoms with van der Waals surface area (Å²) in [5.74, 6) is -0.809. The minimum atomic E-state index is -0.411. The summed E-state index contributed by atoms with van der Waals surface area (Å²) in [4.78, 5) is 32.8. The summed E-state index contributed by atoms with van der Waals surface area (Å²) < 4.78 is 1.83. The van der Waals surface area contributed by atoms with Crippen molar-refractivity contribution in [2.45, 2.75) is 44.5 Å². The van der Waals surface area contributed by atoms with Crippen LogP contribution >= 0.6 is 23.2 Å². The van der Waals surface area contributed by atoms with Crippen LogP contribution in [0.4, 0.5) is 11.4 Å². The number of aromatic nitrogens is 3. The first kappa shape index (κ1) is 32.1. The number of pyridine rings is 1. The number of hydrogen-bond donors (Lipinski definition) is 5. The Labute approximate surface area is 276 Å². The monoisotopic (exact) mass is 663 g/mol. The van der Waals surface area contributed by atoms with Gasteiger partial charge < -0.3 is 26.2 Å². The van der Waals surface area contributed by atoms with E-state index in [1.807, 2.05) is 10.7 Å². The van der Waals surface area contributed by atoms with Crippen molar-refractivity contribution in [3.63, 3.8) is 0 Å². The van der Waals surface area contributed by atoms with Crippen LogP contribution in [0.5, 0.6) is 0 Å². The SMILES string of the molecule is O=C(Nc1cccc(-c2cccc(NC(=O)c3cc4n(n3)CCCC4NCCO)c2Cl)c1Cl)c1ccc(CN2CC[C@@H](O)C2)cn1. The number of halogens is 2. The first-order valence-electron chi connectivity index (χ1n) is 15.3. The van der Waals surface area contributed by atoms with Crippen LogP contribution in [0, 0.1) is 0 Å². The van der Waals surface area contributed by atoms with Gasteiger partial charge in [0.15, 0.2) is 5.69 Å². The zero-order valence-electron chi connectivity index (χ0n) is 25.0. The van der Waals surface area contributed by atoms with E-state index in [2.05, 4.69) is 30.9 Å². The van der Waals surface area contributed by atoms with E-state index in [1.54, 1.807) is 54.7 Å². The Morgan fingerprint density at radius 1 is 0.913 bits per heavy atom. The van der Waals surface area contributed by atoms with E-state index in [9.17, 15) is 19.8 Å². The molecule has 1 saturated heterocycles. The number of nitrogens with zero attached hydrogens (tertiary/aromatic N) is 4. The third-order valence-electron chi connectivity index (χ3n) is 8.26. The fraction of sp³-hybridized carbons (Fsp3) is 0.333. The van der Waals surface area contributed by atoms with Gasteiger partial charge in [-0.15, -0.1) is 0 Å². The van der Waals surface area contributed by atoms with Gasteiger partial charge in [0.25, 0.3) is 11.8 Å². The molecule has 0 saturated carbocycles. The topological polar surface area (TPSA) is 145 Å². The highest BCUT2D eigenvalue weighted by atomic mass is 35.5. The number of carbonyl (C=O) groups is 2. The van der Waals surface area contributed by atoms with Gasteiger partial charge in [0.05, 0.1) is 39.8 Å². The number of anilines is 2. The molecular weight excluding hydrogens is 629 g/mol. The molecule has 0 radical (unpaired) electrons. The molecule has 0 bridgehead atoms. The predicted octanol–water partition coefficient (Wildman–Crippen LogP) is 4.74. The molecule has 4 aromatic rings. The lowest BCUT2D eigenvalue weighted by Crippen LogP contribution is -2.29. The second-order valence-corrected chi connectivity index (χ2v) is 12.3. The van der Waals surface area contributed by atoms with Gasteiger partial charge in [0, 0.05) is 56.1 Å². The van der Waals surface area contributed by atoms with Crippen molar-refractivity contribution in [1.82, 2.24) is 25.0 Å². The maximum absolute atomic E-state index is 13.3. The zero-order chi connectivity index (χ0) is 32.2. The summed E-state index contributed by atoms with van der Waals surface area (Å²) in [6.45, 7) is 3.33. The number of carbonyl (C=O) groups excluding carboxylic acids is 2. The van der Waals surface area contributed by atoms with Crippen LogP contribution in [-0.4, -0.2) is 74.0 Å². The summed E-state index contributed by atoms with van der Waals surface area (Å²) in [6, 6.07) is 15.8. The van der Waals surface area contributed by atoms with E-state index < -0.39 is 11.8 Å². The third kappa shape index (κ3) is 7.10. The highest BCUT2D eigenvalue weighted by molar-refractivity contribution is 6.40. The molecule has 240 valence electrons. The number of aliphatic hydroxyl groups excluding tert-OH is 2. The Balaban J connectivity index is 1.15. The van der Waals surface area contributed by atoms with Crippen molar-refractivity contribution in [2.24, 2.45) is 0 Å². The molecule has 2 aromatic carbocycles. The average molecular weight is 665 g/mol. The Morgan fingerprint density at radius 3 is 2.22 bits per heavy atom. The number of aryl methyl sites for hydroxylation is 1. The molecule has 2 amide bonds. The summed E-state index contributed by atoms with van der Waals surface area (Å²) in [5.41, 5.74) is 4.31. The highest BCUT2D eigenvalue weighted by Crippen LogP contribution is 2.40. The van der Waals surface area contributed by atoms with Crippen LogP contribution in [0.2, 0.25) is 10.0 Å². The van der Waals surface area contributed by atoms with Crippen molar-refractivity contribution in [3.05, 3.63) is 93.5 Å². The van der Waals surface area contributed by atoms with Crippen LogP contribution in [0.15, 0.2) is 60.8 Å². The lowest BCUT2D eigenvalue weighted by molar-refractivity contribution is 0.101. The van der Waals surface area contributed by atoms with Crippen molar-refractivity contribution >= 4 is 46.4 Å². The largest absolute Gasteiger partial charge is 0.395 e. The number of rotatable bonds is 10. The molecule has 0 aliphatic carbocycles. The van der Waals surface area contributed by atoms with Crippen molar-refractivity contribution < 1.29 is 19.8 Å². The average Bonchev–Trinajstić information content (AvgIpc) is 3.69. The van der Waals surface area contributed by atoms with E-state index in [-0.39, 0.29) is 40.2 Å². The minimum Gasteiger partial charge on any atom is -0.395 e. The van der Waals surface area contributed by atoms with E-state index in [0.29, 0.717) is 48.7 Å². The Bertz CT molecular complexity index is 1730. The standard InChI is InChI=1S/C33H35Cl2N7O4/c34-30-22(4-1-6-25(30)38-32(45)27-10-9-20(17-37-27)18-41-14-11-21(44)19-41)23-5-2-7-26(31(23)35)39-33(46)28-16-29-24(36-12-15-43)8-3-13-42(29)40-28/h1-2,4-7,9-10,16-17,21,24,36,43-44H,3,8,11-15,18-19H2,(H,38,45)(H,39,46)/t21-,24?/m1/s1. The van der Waals surface area contributed by atoms with Crippen LogP contribution in [0.25, 0.3) is 11.1 Å². The van der Waals surface area contributed by atoms with Crippen molar-refractivity contribution in [1.29, 1.82) is 0 Å². The van der Waals surface area contributed by atoms with Crippen molar-refractivity contribution in [2.75, 3.05) is 36.9 Å². The molecule has 13 heteroatoms. The number of likely N-dealkylation sites (tertiary alicyclic amines) is 1. The number of β-amino-alcohol motifs (C(OH)–C–C–N with tert-alkyl or cyclic N) is 1. The summed E-state index contributed by atoms with van der Waals surface area (Å²) >= 11 is 13.6. The molecule has 6 rings (SSSR count). The van der Waals surface area contributed by atoms with Gasteiger partial charge >= 0.3 is 0 Å². The predicted molar refractivity (Wildman–Crippen MR) is 177 cm³/mol. The molecule has 0 spiro atoms. The Morgan fingerprint density at radius 2 is 1.61 bits per heavy atom. The van der Waals surface area contributed by atoms with Crippen molar-refractivity contribution in [3.8, 4) is 11.1 Å². The van der Waals surface area contributed by atoms with E-state index >= 15 is 0 Å². The molecule has 5 N–H and O–H groups in total. The second-order valence-electron chi connectivity index (χ2n) is 11.5. The molecule has 2 aromatic heterocycles. The van der Waals surface area contributed by atoms with E-state index in [1.165, 1.54) is 0 Å². The number of benzene rings is 2. The number of hydrogen-bond acceptors (Lipinski definition) is 8. The Hall–Kier alpha value is -3.84. The molecule has 11 nitrogen and oxygen atoms in total. The maximum atomic E-state index is 13.3. The normalized spacial score (nSPS) is 17.9. The van der Waals surface area contributed by atoms with Gasteiger partial charge in [-0.2, -0.15) is 5.10 Å². The molecular formula is C33H35Cl2N7O4. The molecule has 46 heavy (non-hydrogen) atoms. The minimum absolute atomic E-state index is 0.0162. The Kier molecular flexibility index (Phi) is 9.98. The van der Waals surface area contributed by atoms with Gasteiger partial charge in [0.2, 0.25) is 0 Å². The maximum Gasteiger partial charge on any atom is 0.276 e. The van der Waals surface area contributed by atoms with E-state index in [0.717, 1.165) is 37.1 Å². The molecule has 2 aliphatic rings. The number of fused-ring (bicyclic) bond motifs is 1. The molecule has 1 unspecified atom stereocenters. The van der Waals surface area contributed by atoms with Crippen LogP contribution in [0.1, 0.15) is 57.5 Å². The lowest BCUT2D eigenvalue weighted by atomic mass is 10.0. The smallest absolute Gasteiger partial charge is 0.276 e. The highest BCUT2D eigenvalue weighted by Gasteiger charge is 2.25. The summed E-state index contributed by atoms with van der Waals surface area (Å²) in [6.07, 6.45) is 3.95. The molecule has 2 atom stereocenters. The number of aliphatic hydroxyl groups is 2. The third-order valence-corrected chi connectivity index (χ3v) is 9.08. The van der Waals surface area contributed by atoms with Gasteiger partial charge in [0.1, 0.15) is 5.69 Å². The second kappa shape index (κ2) is 14.3. The number of amides is 2. The summed E-state index contributed by atoms with van der Waals surface area (Å²) in [5, 5.41) is 33.1. The molecule has 1 fully saturated rings. The van der Waals surface area contributed by atoms with Gasteiger partial charge in [-0.1, -0.05) is 53.5 Å². The molecule has 4 heterocycles. The van der Waals surface area contributed by atoms with Gasteiger partial charge in [-0.05, 0) is 49.1 Å². The first-order valence-corrected chi connectivity index (χ1v) is 16.0. The fourth-order valence-corrected chi connectivity index (χ4v) is 6.50. The van der Waals surface area contributed by atoms with Crippen LogP contribution in [0.3, 0.4) is 0 Å². The quantitative estimate of drug-likeness (QED) is 0.164. The fourth-order valence-electron chi connectivity index (χ4n) is 5.95. The van der Waals surface area contributed by atoms with E-state index in [4.69, 9.17) is 23.2 Å². The van der Waals surface area contributed by atoms with Crippen LogP contribution in [-0.2, 0) is 13.1 Å². The lowest BCUT2D eigenvalue weighted by Gasteiger charge is -2.24. The van der Waals surface area contributed by atoms with Gasteiger partial charge in [-0.3, -0.25) is 24.2 Å². The number of nitrogens with one attached hydrogen (secondary N) is 3. The van der Waals surface area contributed by atoms with Crippen LogP contribution < -0.4 is 16.0 Å². The van der Waals surface area contributed by atoms with Gasteiger partial charge in [-0.25, -0.2) is 0 Å². The zero-order valence-corrected chi connectivity index (χ0v) is 26.6.